The lowest BCUT2D eigenvalue weighted by molar-refractivity contribution is 0.0600. The molecule has 0 aliphatic rings. The summed E-state index contributed by atoms with van der Waals surface area (Å²) < 4.78 is 32.7. The minimum Gasteiger partial charge on any atom is -0.465 e. The van der Waals surface area contributed by atoms with Crippen molar-refractivity contribution in [3.05, 3.63) is 107 Å². The van der Waals surface area contributed by atoms with E-state index in [1.165, 1.54) is 25.3 Å². The molecular formula is C26H20N2O4S. The van der Waals surface area contributed by atoms with Gasteiger partial charge in [-0.3, -0.25) is 0 Å². The van der Waals surface area contributed by atoms with E-state index in [2.05, 4.69) is 0 Å². The molecule has 0 aliphatic heterocycles. The molecule has 0 saturated carbocycles. The summed E-state index contributed by atoms with van der Waals surface area (Å²) in [4.78, 5) is 11.6. The molecule has 3 aromatic carbocycles. The molecule has 4 aromatic rings. The zero-order chi connectivity index (χ0) is 23.4. The summed E-state index contributed by atoms with van der Waals surface area (Å²) in [5.74, 6) is -0.414. The van der Waals surface area contributed by atoms with Crippen molar-refractivity contribution >= 4 is 32.8 Å². The topological polar surface area (TPSA) is 89.2 Å². The van der Waals surface area contributed by atoms with Crippen LogP contribution in [-0.2, 0) is 21.1 Å². The van der Waals surface area contributed by atoms with Crippen molar-refractivity contribution in [2.75, 3.05) is 7.11 Å². The van der Waals surface area contributed by atoms with Crippen LogP contribution in [0.15, 0.2) is 94.9 Å². The van der Waals surface area contributed by atoms with Crippen LogP contribution in [0.5, 0.6) is 0 Å². The summed E-state index contributed by atoms with van der Waals surface area (Å²) in [5.41, 5.74) is 2.83. The van der Waals surface area contributed by atoms with Gasteiger partial charge in [-0.15, -0.1) is 0 Å². The van der Waals surface area contributed by atoms with Crippen LogP contribution in [0, 0.1) is 11.3 Å². The van der Waals surface area contributed by atoms with Crippen molar-refractivity contribution in [2.45, 2.75) is 11.4 Å². The van der Waals surface area contributed by atoms with Crippen molar-refractivity contribution in [3.8, 4) is 6.07 Å². The largest absolute Gasteiger partial charge is 0.465 e. The molecule has 0 radical (unpaired) electrons. The zero-order valence-corrected chi connectivity index (χ0v) is 18.6. The third-order valence-corrected chi connectivity index (χ3v) is 6.94. The summed E-state index contributed by atoms with van der Waals surface area (Å²) in [5, 5.41) is 10.5. The lowest BCUT2D eigenvalue weighted by Gasteiger charge is -2.07. The van der Waals surface area contributed by atoms with Crippen LogP contribution in [0.25, 0.3) is 17.0 Å². The third-order valence-electron chi connectivity index (χ3n) is 5.26. The van der Waals surface area contributed by atoms with Crippen molar-refractivity contribution < 1.29 is 17.9 Å². The Morgan fingerprint density at radius 3 is 2.48 bits per heavy atom. The number of nitrogens with zero attached hydrogens (tertiary/aromatic N) is 2. The van der Waals surface area contributed by atoms with Gasteiger partial charge in [0.2, 0.25) is 9.84 Å². The first kappa shape index (κ1) is 22.1. The fourth-order valence-corrected chi connectivity index (χ4v) is 4.84. The molecule has 0 saturated heterocycles. The molecule has 0 aliphatic carbocycles. The van der Waals surface area contributed by atoms with Crippen LogP contribution in [0.1, 0.15) is 21.5 Å². The lowest BCUT2D eigenvalue weighted by atomic mass is 10.1. The zero-order valence-electron chi connectivity index (χ0n) is 17.8. The van der Waals surface area contributed by atoms with E-state index in [0.717, 1.165) is 16.5 Å². The fourth-order valence-electron chi connectivity index (χ4n) is 3.67. The molecule has 0 N–H and O–H groups in total. The molecule has 0 bridgehead atoms. The molecule has 7 heteroatoms. The van der Waals surface area contributed by atoms with E-state index < -0.39 is 15.8 Å². The number of hydrogen-bond acceptors (Lipinski definition) is 5. The number of para-hydroxylation sites is 1. The average molecular weight is 457 g/mol. The molecule has 0 fully saturated rings. The van der Waals surface area contributed by atoms with Gasteiger partial charge in [0, 0.05) is 29.2 Å². The summed E-state index contributed by atoms with van der Waals surface area (Å²) >= 11 is 0. The normalized spacial score (nSPS) is 11.8. The van der Waals surface area contributed by atoms with Gasteiger partial charge in [0.1, 0.15) is 11.0 Å². The monoisotopic (exact) mass is 456 g/mol. The number of carbonyl (C=O) groups excluding carboxylic acids is 1. The smallest absolute Gasteiger partial charge is 0.337 e. The maximum Gasteiger partial charge on any atom is 0.337 e. The highest BCUT2D eigenvalue weighted by molar-refractivity contribution is 7.95. The molecule has 1 aromatic heterocycles. The van der Waals surface area contributed by atoms with Gasteiger partial charge >= 0.3 is 5.97 Å². The number of allylic oxidation sites excluding steroid dienone is 1. The molecule has 164 valence electrons. The van der Waals surface area contributed by atoms with Gasteiger partial charge in [-0.2, -0.15) is 5.26 Å². The van der Waals surface area contributed by atoms with Crippen LogP contribution < -0.4 is 0 Å². The number of methoxy groups -OCH3 is 1. The van der Waals surface area contributed by atoms with Crippen LogP contribution in [0.4, 0.5) is 0 Å². The Morgan fingerprint density at radius 2 is 1.76 bits per heavy atom. The van der Waals surface area contributed by atoms with Gasteiger partial charge in [0.25, 0.3) is 0 Å². The standard InChI is InChI=1S/C26H20N2O4S/c1-32-26(29)20-9-7-8-19(14-20)17-28-18-21(24-12-5-6-13-25(24)28)15-23(16-27)33(30,31)22-10-3-2-4-11-22/h2-15,18H,17H2,1H3. The first-order valence-electron chi connectivity index (χ1n) is 10.1. The molecular weight excluding hydrogens is 436 g/mol. The number of fused-ring (bicyclic) bond motifs is 1. The first-order chi connectivity index (χ1) is 15.9. The first-order valence-corrected chi connectivity index (χ1v) is 11.6. The SMILES string of the molecule is COC(=O)c1cccc(Cn2cc(C=C(C#N)S(=O)(=O)c3ccccc3)c3ccccc32)c1. The molecule has 1 heterocycles. The Bertz CT molecular complexity index is 1510. The van der Waals surface area contributed by atoms with Crippen molar-refractivity contribution in [1.82, 2.24) is 4.57 Å². The number of rotatable bonds is 6. The molecule has 33 heavy (non-hydrogen) atoms. The number of carbonyl (C=O) groups is 1. The number of hydrogen-bond donors (Lipinski definition) is 0. The highest BCUT2D eigenvalue weighted by Gasteiger charge is 2.21. The summed E-state index contributed by atoms with van der Waals surface area (Å²) in [6, 6.07) is 24.4. The Hall–Kier alpha value is -4.15. The number of benzene rings is 3. The van der Waals surface area contributed by atoms with Gasteiger partial charge in [-0.05, 0) is 42.0 Å². The minimum atomic E-state index is -3.95. The van der Waals surface area contributed by atoms with Crippen LogP contribution in [0.2, 0.25) is 0 Å². The highest BCUT2D eigenvalue weighted by atomic mass is 32.2. The predicted molar refractivity (Wildman–Crippen MR) is 126 cm³/mol. The van der Waals surface area contributed by atoms with Gasteiger partial charge in [-0.1, -0.05) is 48.5 Å². The Kier molecular flexibility index (Phi) is 6.11. The van der Waals surface area contributed by atoms with E-state index in [1.54, 1.807) is 36.4 Å². The number of esters is 1. The van der Waals surface area contributed by atoms with Crippen LogP contribution in [-0.4, -0.2) is 26.1 Å². The number of nitriles is 1. The Morgan fingerprint density at radius 1 is 1.03 bits per heavy atom. The van der Waals surface area contributed by atoms with E-state index in [1.807, 2.05) is 47.2 Å². The highest BCUT2D eigenvalue weighted by Crippen LogP contribution is 2.27. The van der Waals surface area contributed by atoms with Crippen molar-refractivity contribution in [2.24, 2.45) is 0 Å². The van der Waals surface area contributed by atoms with Gasteiger partial charge < -0.3 is 9.30 Å². The molecule has 0 atom stereocenters. The lowest BCUT2D eigenvalue weighted by Crippen LogP contribution is -2.04. The second kappa shape index (κ2) is 9.15. The van der Waals surface area contributed by atoms with Crippen molar-refractivity contribution in [3.63, 3.8) is 0 Å². The van der Waals surface area contributed by atoms with E-state index in [0.29, 0.717) is 17.7 Å². The molecule has 4 rings (SSSR count). The van der Waals surface area contributed by atoms with E-state index in [9.17, 15) is 18.5 Å². The maximum atomic E-state index is 13.0. The number of ether oxygens (including phenoxy) is 1. The van der Waals surface area contributed by atoms with Crippen molar-refractivity contribution in [1.29, 1.82) is 5.26 Å². The van der Waals surface area contributed by atoms with Gasteiger partial charge in [0.05, 0.1) is 17.6 Å². The van der Waals surface area contributed by atoms with Gasteiger partial charge in [0.15, 0.2) is 0 Å². The summed E-state index contributed by atoms with van der Waals surface area (Å²) in [6.45, 7) is 0.451. The predicted octanol–water partition coefficient (Wildman–Crippen LogP) is 4.81. The quantitative estimate of drug-likeness (QED) is 0.307. The molecule has 0 spiro atoms. The molecule has 6 nitrogen and oxygen atoms in total. The second-order valence-corrected chi connectivity index (χ2v) is 9.28. The van der Waals surface area contributed by atoms with Crippen LogP contribution >= 0.6 is 0 Å². The number of sulfone groups is 1. The second-order valence-electron chi connectivity index (χ2n) is 7.36. The molecule has 0 amide bonds. The maximum absolute atomic E-state index is 13.0. The summed E-state index contributed by atoms with van der Waals surface area (Å²) in [7, 11) is -2.61. The third kappa shape index (κ3) is 4.43. The minimum absolute atomic E-state index is 0.0705. The van der Waals surface area contributed by atoms with Crippen LogP contribution in [0.3, 0.4) is 0 Å². The average Bonchev–Trinajstić information content (AvgIpc) is 3.19. The van der Waals surface area contributed by atoms with E-state index in [4.69, 9.17) is 4.74 Å². The fraction of sp³-hybridized carbons (Fsp3) is 0.0769. The molecule has 0 unspecified atom stereocenters. The Labute approximate surface area is 191 Å². The Balaban J connectivity index is 1.78. The van der Waals surface area contributed by atoms with E-state index >= 15 is 0 Å². The van der Waals surface area contributed by atoms with Gasteiger partial charge in [-0.25, -0.2) is 13.2 Å². The number of aromatic nitrogens is 1. The van der Waals surface area contributed by atoms with E-state index in [-0.39, 0.29) is 9.80 Å². The summed E-state index contributed by atoms with van der Waals surface area (Å²) in [6.07, 6.45) is 3.22.